The highest BCUT2D eigenvalue weighted by atomic mass is 79.9. The van der Waals surface area contributed by atoms with Crippen LogP contribution in [0.5, 0.6) is 11.5 Å². The third kappa shape index (κ3) is 2.71. The molecule has 0 atom stereocenters. The first-order chi connectivity index (χ1) is 11.8. The van der Waals surface area contributed by atoms with Crippen LogP contribution in [0, 0.1) is 0 Å². The minimum absolute atomic E-state index is 0.0134. The van der Waals surface area contributed by atoms with Gasteiger partial charge in [-0.3, -0.25) is 4.79 Å². The summed E-state index contributed by atoms with van der Waals surface area (Å²) in [6, 6.07) is 3.72. The zero-order valence-electron chi connectivity index (χ0n) is 15.7. The van der Waals surface area contributed by atoms with E-state index in [-0.39, 0.29) is 39.2 Å². The molecule has 0 aliphatic heterocycles. The van der Waals surface area contributed by atoms with E-state index >= 15 is 0 Å². The van der Waals surface area contributed by atoms with Crippen LogP contribution < -0.4 is 0 Å². The Morgan fingerprint density at radius 1 is 0.692 bits per heavy atom. The lowest BCUT2D eigenvalue weighted by Gasteiger charge is -2.23. The molecule has 5 heteroatoms. The Balaban J connectivity index is 2.43. The molecule has 0 amide bonds. The molecule has 0 saturated carbocycles. The van der Waals surface area contributed by atoms with Crippen LogP contribution >= 0.6 is 31.9 Å². The van der Waals surface area contributed by atoms with Gasteiger partial charge in [-0.2, -0.15) is 0 Å². The molecule has 0 radical (unpaired) electrons. The number of aromatic hydroxyl groups is 2. The predicted molar refractivity (Wildman–Crippen MR) is 111 cm³/mol. The maximum atomic E-state index is 13.2. The van der Waals surface area contributed by atoms with Crippen LogP contribution in [0.3, 0.4) is 0 Å². The van der Waals surface area contributed by atoms with Gasteiger partial charge in [0, 0.05) is 31.2 Å². The Kier molecular flexibility index (Phi) is 4.36. The van der Waals surface area contributed by atoms with Gasteiger partial charge in [-0.1, -0.05) is 73.4 Å². The van der Waals surface area contributed by atoms with E-state index in [1.807, 2.05) is 53.7 Å². The van der Waals surface area contributed by atoms with Gasteiger partial charge < -0.3 is 10.2 Å². The summed E-state index contributed by atoms with van der Waals surface area (Å²) < 4.78 is 1.46. The molecule has 2 aromatic carbocycles. The molecule has 1 aliphatic rings. The molecule has 0 unspecified atom stereocenters. The van der Waals surface area contributed by atoms with Gasteiger partial charge in [-0.25, -0.2) is 0 Å². The van der Waals surface area contributed by atoms with Crippen molar-refractivity contribution in [1.29, 1.82) is 0 Å². The van der Waals surface area contributed by atoms with Crippen LogP contribution in [-0.4, -0.2) is 16.0 Å². The highest BCUT2D eigenvalue weighted by Gasteiger charge is 2.40. The predicted octanol–water partition coefficient (Wildman–Crippen LogP) is 6.43. The van der Waals surface area contributed by atoms with Crippen molar-refractivity contribution in [1.82, 2.24) is 0 Å². The van der Waals surface area contributed by atoms with Crippen molar-refractivity contribution < 1.29 is 15.0 Å². The lowest BCUT2D eigenvalue weighted by atomic mass is 9.84. The van der Waals surface area contributed by atoms with Crippen molar-refractivity contribution >= 4 is 37.6 Å². The molecule has 0 saturated heterocycles. The first kappa shape index (κ1) is 19.4. The Morgan fingerprint density at radius 2 is 1.00 bits per heavy atom. The quantitative estimate of drug-likeness (QED) is 0.389. The molecule has 0 aromatic heterocycles. The Morgan fingerprint density at radius 3 is 1.27 bits per heavy atom. The number of carbonyl (C=O) groups is 1. The minimum atomic E-state index is -0.344. The molecule has 2 N–H and O–H groups in total. The van der Waals surface area contributed by atoms with Crippen molar-refractivity contribution in [3.63, 3.8) is 0 Å². The standard InChI is InChI=1S/C21H22Br2O3/c1-20(2,3)9-7-11(22)13-14-12(23)8-10(21(4,5)6)18(25)16(14)19(26)15(13)17(9)24/h7-8,24-25H,1-6H3. The highest BCUT2D eigenvalue weighted by Crippen LogP contribution is 2.54. The molecular formula is C21H22Br2O3. The molecular weight excluding hydrogens is 460 g/mol. The maximum absolute atomic E-state index is 13.2. The van der Waals surface area contributed by atoms with E-state index in [1.54, 1.807) is 0 Å². The normalized spacial score (nSPS) is 13.8. The number of hydrogen-bond acceptors (Lipinski definition) is 3. The number of ketones is 1. The number of phenolic OH excluding ortho intramolecular Hbond substituents is 2. The van der Waals surface area contributed by atoms with E-state index in [2.05, 4.69) is 31.9 Å². The average Bonchev–Trinajstić information content (AvgIpc) is 2.79. The van der Waals surface area contributed by atoms with Gasteiger partial charge in [0.25, 0.3) is 0 Å². The highest BCUT2D eigenvalue weighted by molar-refractivity contribution is 9.11. The summed E-state index contributed by atoms with van der Waals surface area (Å²) >= 11 is 7.15. The fourth-order valence-electron chi connectivity index (χ4n) is 3.48. The van der Waals surface area contributed by atoms with Crippen molar-refractivity contribution in [2.24, 2.45) is 0 Å². The summed E-state index contributed by atoms with van der Waals surface area (Å²) in [6.45, 7) is 11.9. The number of rotatable bonds is 0. The molecule has 138 valence electrons. The Hall–Kier alpha value is -1.33. The zero-order valence-corrected chi connectivity index (χ0v) is 18.9. The summed E-state index contributed by atoms with van der Waals surface area (Å²) in [5.41, 5.74) is 2.48. The van der Waals surface area contributed by atoms with Gasteiger partial charge in [0.1, 0.15) is 11.5 Å². The molecule has 2 aromatic rings. The van der Waals surface area contributed by atoms with Crippen LogP contribution in [0.15, 0.2) is 21.1 Å². The number of hydrogen-bond donors (Lipinski definition) is 2. The van der Waals surface area contributed by atoms with E-state index < -0.39 is 0 Å². The van der Waals surface area contributed by atoms with Gasteiger partial charge in [0.15, 0.2) is 0 Å². The molecule has 0 bridgehead atoms. The van der Waals surface area contributed by atoms with Crippen LogP contribution in [0.2, 0.25) is 0 Å². The van der Waals surface area contributed by atoms with E-state index in [0.29, 0.717) is 22.3 Å². The van der Waals surface area contributed by atoms with Crippen molar-refractivity contribution in [3.05, 3.63) is 43.3 Å². The first-order valence-electron chi connectivity index (χ1n) is 8.43. The minimum Gasteiger partial charge on any atom is -0.507 e. The second-order valence-electron chi connectivity index (χ2n) is 8.84. The monoisotopic (exact) mass is 480 g/mol. The largest absolute Gasteiger partial charge is 0.507 e. The second kappa shape index (κ2) is 5.83. The average molecular weight is 482 g/mol. The third-order valence-electron chi connectivity index (χ3n) is 4.82. The summed E-state index contributed by atoms with van der Waals surface area (Å²) in [7, 11) is 0. The smallest absolute Gasteiger partial charge is 0.201 e. The fraction of sp³-hybridized carbons (Fsp3) is 0.381. The Labute approximate surface area is 170 Å². The van der Waals surface area contributed by atoms with Gasteiger partial charge >= 0.3 is 0 Å². The van der Waals surface area contributed by atoms with E-state index in [0.717, 1.165) is 8.95 Å². The van der Waals surface area contributed by atoms with Crippen molar-refractivity contribution in [3.8, 4) is 22.6 Å². The van der Waals surface area contributed by atoms with Crippen molar-refractivity contribution in [2.45, 2.75) is 52.4 Å². The van der Waals surface area contributed by atoms with Crippen molar-refractivity contribution in [2.75, 3.05) is 0 Å². The lowest BCUT2D eigenvalue weighted by molar-refractivity contribution is 0.103. The summed E-state index contributed by atoms with van der Waals surface area (Å²) in [5, 5.41) is 21.8. The number of benzene rings is 2. The molecule has 3 rings (SSSR count). The van der Waals surface area contributed by atoms with Gasteiger partial charge in [-0.05, 0) is 23.0 Å². The van der Waals surface area contributed by atoms with E-state index in [4.69, 9.17) is 0 Å². The topological polar surface area (TPSA) is 57.5 Å². The molecule has 0 heterocycles. The van der Waals surface area contributed by atoms with Crippen LogP contribution in [0.1, 0.15) is 68.6 Å². The number of carbonyl (C=O) groups excluding carboxylic acids is 1. The van der Waals surface area contributed by atoms with Crippen LogP contribution in [-0.2, 0) is 10.8 Å². The third-order valence-corrected chi connectivity index (χ3v) is 6.07. The zero-order chi connectivity index (χ0) is 19.8. The molecule has 0 fully saturated rings. The summed E-state index contributed by atoms with van der Waals surface area (Å²) in [6.07, 6.45) is 0. The fourth-order valence-corrected chi connectivity index (χ4v) is 4.73. The maximum Gasteiger partial charge on any atom is 0.201 e. The van der Waals surface area contributed by atoms with E-state index in [9.17, 15) is 15.0 Å². The van der Waals surface area contributed by atoms with Gasteiger partial charge in [0.05, 0.1) is 11.1 Å². The summed E-state index contributed by atoms with van der Waals surface area (Å²) in [4.78, 5) is 13.2. The number of fused-ring (bicyclic) bond motifs is 3. The summed E-state index contributed by atoms with van der Waals surface area (Å²) in [5.74, 6) is -0.371. The number of halogens is 2. The SMILES string of the molecule is CC(C)(C)c1cc(Br)c2c(c1O)C(=O)c1c(O)c(C(C)(C)C)cc(Br)c1-2. The van der Waals surface area contributed by atoms with Crippen LogP contribution in [0.25, 0.3) is 11.1 Å². The molecule has 0 spiro atoms. The lowest BCUT2D eigenvalue weighted by Crippen LogP contribution is -2.14. The van der Waals surface area contributed by atoms with Gasteiger partial charge in [0.2, 0.25) is 5.78 Å². The van der Waals surface area contributed by atoms with Gasteiger partial charge in [-0.15, -0.1) is 0 Å². The molecule has 1 aliphatic carbocycles. The van der Waals surface area contributed by atoms with E-state index in [1.165, 1.54) is 0 Å². The first-order valence-corrected chi connectivity index (χ1v) is 10.0. The molecule has 3 nitrogen and oxygen atoms in total. The second-order valence-corrected chi connectivity index (χ2v) is 10.5. The Bertz CT molecular complexity index is 884. The molecule has 26 heavy (non-hydrogen) atoms. The van der Waals surface area contributed by atoms with Crippen LogP contribution in [0.4, 0.5) is 0 Å². The number of phenols is 2.